The molecular formula is C13H13Br2ClN2O. The third-order valence-electron chi connectivity index (χ3n) is 2.61. The van der Waals surface area contributed by atoms with Gasteiger partial charge in [0.05, 0.1) is 4.47 Å². The summed E-state index contributed by atoms with van der Waals surface area (Å²) in [6, 6.07) is 5.65. The van der Waals surface area contributed by atoms with Crippen molar-refractivity contribution in [1.29, 1.82) is 0 Å². The summed E-state index contributed by atoms with van der Waals surface area (Å²) in [4.78, 5) is 4.37. The number of rotatable bonds is 4. The van der Waals surface area contributed by atoms with Crippen LogP contribution in [0.4, 0.5) is 0 Å². The topological polar surface area (TPSA) is 34.1 Å². The molecule has 0 fully saturated rings. The molecule has 0 aliphatic carbocycles. The highest BCUT2D eigenvalue weighted by atomic mass is 79.9. The average Bonchev–Trinajstić information content (AvgIpc) is 2.34. The Labute approximate surface area is 133 Å². The Morgan fingerprint density at radius 1 is 1.37 bits per heavy atom. The number of hydrogen-bond donors (Lipinski definition) is 1. The highest BCUT2D eigenvalue weighted by Gasteiger charge is 2.15. The van der Waals surface area contributed by atoms with Crippen LogP contribution in [0.3, 0.4) is 0 Å². The quantitative estimate of drug-likeness (QED) is 0.762. The van der Waals surface area contributed by atoms with Crippen LogP contribution < -0.4 is 10.1 Å². The first-order chi connectivity index (χ1) is 9.02. The second-order valence-corrected chi connectivity index (χ2v) is 6.28. The van der Waals surface area contributed by atoms with Crippen LogP contribution in [0.1, 0.15) is 6.92 Å². The average molecular weight is 409 g/mol. The summed E-state index contributed by atoms with van der Waals surface area (Å²) in [5.41, 5.74) is 0.747. The van der Waals surface area contributed by atoms with E-state index in [1.807, 2.05) is 26.1 Å². The van der Waals surface area contributed by atoms with Crippen LogP contribution in [0, 0.1) is 0 Å². The van der Waals surface area contributed by atoms with Gasteiger partial charge >= 0.3 is 0 Å². The first kappa shape index (κ1) is 15.0. The van der Waals surface area contributed by atoms with E-state index in [2.05, 4.69) is 42.2 Å². The molecule has 2 aromatic rings. The Morgan fingerprint density at radius 3 is 2.79 bits per heavy atom. The van der Waals surface area contributed by atoms with Crippen molar-refractivity contribution < 1.29 is 4.74 Å². The van der Waals surface area contributed by atoms with E-state index in [4.69, 9.17) is 16.3 Å². The summed E-state index contributed by atoms with van der Waals surface area (Å²) in [6.45, 7) is 2.76. The molecule has 0 spiro atoms. The predicted octanol–water partition coefficient (Wildman–Crippen LogP) is 4.40. The molecule has 6 heteroatoms. The zero-order chi connectivity index (χ0) is 14.0. The molecule has 1 N–H and O–H groups in total. The van der Waals surface area contributed by atoms with Crippen LogP contribution in [0.5, 0.6) is 5.75 Å². The van der Waals surface area contributed by atoms with Crippen LogP contribution in [-0.2, 0) is 0 Å². The summed E-state index contributed by atoms with van der Waals surface area (Å²) in [5.74, 6) is 0.712. The van der Waals surface area contributed by atoms with E-state index in [1.165, 1.54) is 0 Å². The van der Waals surface area contributed by atoms with Gasteiger partial charge in [-0.3, -0.25) is 0 Å². The molecule has 1 unspecified atom stereocenters. The highest BCUT2D eigenvalue weighted by molar-refractivity contribution is 9.11. The first-order valence-electron chi connectivity index (χ1n) is 5.78. The molecule has 3 nitrogen and oxygen atoms in total. The number of halogens is 3. The van der Waals surface area contributed by atoms with Crippen LogP contribution in [0.15, 0.2) is 27.1 Å². The van der Waals surface area contributed by atoms with Gasteiger partial charge in [-0.15, -0.1) is 0 Å². The van der Waals surface area contributed by atoms with Crippen LogP contribution in [0.2, 0.25) is 5.15 Å². The van der Waals surface area contributed by atoms with E-state index in [0.29, 0.717) is 10.9 Å². The van der Waals surface area contributed by atoms with E-state index >= 15 is 0 Å². The molecule has 0 radical (unpaired) electrons. The zero-order valence-corrected chi connectivity index (χ0v) is 14.4. The van der Waals surface area contributed by atoms with Crippen molar-refractivity contribution >= 4 is 54.4 Å². The summed E-state index contributed by atoms with van der Waals surface area (Å²) in [7, 11) is 1.89. The Morgan fingerprint density at radius 2 is 2.11 bits per heavy atom. The third-order valence-corrected chi connectivity index (χ3v) is 4.07. The van der Waals surface area contributed by atoms with Crippen LogP contribution >= 0.6 is 43.5 Å². The number of aromatic nitrogens is 1. The maximum absolute atomic E-state index is 5.98. The van der Waals surface area contributed by atoms with Gasteiger partial charge in [0.15, 0.2) is 5.75 Å². The number of fused-ring (bicyclic) bond motifs is 1. The van der Waals surface area contributed by atoms with Gasteiger partial charge in [0.25, 0.3) is 0 Å². The lowest BCUT2D eigenvalue weighted by atomic mass is 10.2. The largest absolute Gasteiger partial charge is 0.486 e. The Hall–Kier alpha value is -0.360. The molecule has 1 atom stereocenters. The van der Waals surface area contributed by atoms with E-state index in [0.717, 1.165) is 26.4 Å². The van der Waals surface area contributed by atoms with Gasteiger partial charge in [0, 0.05) is 16.4 Å². The number of nitrogens with zero attached hydrogens (tertiary/aromatic N) is 1. The van der Waals surface area contributed by atoms with Crippen molar-refractivity contribution in [3.8, 4) is 5.75 Å². The molecule has 19 heavy (non-hydrogen) atoms. The molecular weight excluding hydrogens is 395 g/mol. The zero-order valence-electron chi connectivity index (χ0n) is 10.5. The van der Waals surface area contributed by atoms with Gasteiger partial charge < -0.3 is 10.1 Å². The van der Waals surface area contributed by atoms with E-state index < -0.39 is 0 Å². The number of ether oxygens (including phenoxy) is 1. The maximum Gasteiger partial charge on any atom is 0.160 e. The smallest absolute Gasteiger partial charge is 0.160 e. The van der Waals surface area contributed by atoms with Crippen molar-refractivity contribution in [3.05, 3.63) is 32.3 Å². The van der Waals surface area contributed by atoms with Crippen molar-refractivity contribution in [3.63, 3.8) is 0 Å². The van der Waals surface area contributed by atoms with Crippen molar-refractivity contribution in [2.75, 3.05) is 13.6 Å². The molecule has 2 rings (SSSR count). The number of benzene rings is 1. The lowest BCUT2D eigenvalue weighted by molar-refractivity contribution is 0.221. The lowest BCUT2D eigenvalue weighted by Gasteiger charge is -2.17. The molecule has 0 saturated carbocycles. The molecule has 1 aromatic heterocycles. The molecule has 0 bridgehead atoms. The molecule has 1 aromatic carbocycles. The first-order valence-corrected chi connectivity index (χ1v) is 7.75. The van der Waals surface area contributed by atoms with Gasteiger partial charge in [-0.25, -0.2) is 4.98 Å². The van der Waals surface area contributed by atoms with Gasteiger partial charge in [0.2, 0.25) is 0 Å². The van der Waals surface area contributed by atoms with E-state index in [-0.39, 0.29) is 6.10 Å². The molecule has 1 heterocycles. The van der Waals surface area contributed by atoms with Gasteiger partial charge in [0.1, 0.15) is 16.8 Å². The number of nitrogens with one attached hydrogen (secondary N) is 1. The maximum atomic E-state index is 5.98. The summed E-state index contributed by atoms with van der Waals surface area (Å²) in [5, 5.41) is 4.50. The fourth-order valence-electron chi connectivity index (χ4n) is 1.81. The normalized spacial score (nSPS) is 12.7. The van der Waals surface area contributed by atoms with Crippen LogP contribution in [0.25, 0.3) is 10.9 Å². The SMILES string of the molecule is CNCC(C)Oc1c(Br)cc(Br)c2ccc(Cl)nc12. The Balaban J connectivity index is 2.55. The summed E-state index contributed by atoms with van der Waals surface area (Å²) >= 11 is 13.0. The van der Waals surface area contributed by atoms with Crippen molar-refractivity contribution in [2.45, 2.75) is 13.0 Å². The van der Waals surface area contributed by atoms with Gasteiger partial charge in [-0.2, -0.15) is 0 Å². The van der Waals surface area contributed by atoms with E-state index in [1.54, 1.807) is 6.07 Å². The van der Waals surface area contributed by atoms with Crippen molar-refractivity contribution in [2.24, 2.45) is 0 Å². The third kappa shape index (κ3) is 3.40. The highest BCUT2D eigenvalue weighted by Crippen LogP contribution is 2.38. The molecule has 0 aliphatic rings. The Bertz CT molecular complexity index is 607. The monoisotopic (exact) mass is 406 g/mol. The Kier molecular flexibility index (Phi) is 5.06. The number of hydrogen-bond acceptors (Lipinski definition) is 3. The summed E-state index contributed by atoms with van der Waals surface area (Å²) < 4.78 is 7.76. The van der Waals surface area contributed by atoms with Crippen molar-refractivity contribution in [1.82, 2.24) is 10.3 Å². The minimum Gasteiger partial charge on any atom is -0.486 e. The molecule has 0 saturated heterocycles. The minimum absolute atomic E-state index is 0.0338. The van der Waals surface area contributed by atoms with E-state index in [9.17, 15) is 0 Å². The fourth-order valence-corrected chi connectivity index (χ4v) is 3.32. The second-order valence-electron chi connectivity index (χ2n) is 4.19. The standard InChI is InChI=1S/C13H13Br2ClN2O/c1-7(6-17-2)19-13-10(15)5-9(14)8-3-4-11(16)18-12(8)13/h3-5,7,17H,6H2,1-2H3. The predicted molar refractivity (Wildman–Crippen MR) is 86.2 cm³/mol. The fraction of sp³-hybridized carbons (Fsp3) is 0.308. The molecule has 0 amide bonds. The number of pyridine rings is 1. The molecule has 102 valence electrons. The lowest BCUT2D eigenvalue weighted by Crippen LogP contribution is -2.26. The molecule has 0 aliphatic heterocycles. The number of likely N-dealkylation sites (N-methyl/N-ethyl adjacent to an activating group) is 1. The van der Waals surface area contributed by atoms with Gasteiger partial charge in [-0.05, 0) is 48.1 Å². The minimum atomic E-state index is 0.0338. The summed E-state index contributed by atoms with van der Waals surface area (Å²) in [6.07, 6.45) is 0.0338. The second kappa shape index (κ2) is 6.39. The van der Waals surface area contributed by atoms with Crippen LogP contribution in [-0.4, -0.2) is 24.7 Å². The van der Waals surface area contributed by atoms with Gasteiger partial charge in [-0.1, -0.05) is 27.5 Å².